The Morgan fingerprint density at radius 3 is 2.54 bits per heavy atom. The lowest BCUT2D eigenvalue weighted by Gasteiger charge is -2.30. The van der Waals surface area contributed by atoms with Crippen molar-refractivity contribution in [3.63, 3.8) is 0 Å². The molecule has 0 aromatic heterocycles. The second-order valence-corrected chi connectivity index (χ2v) is 7.53. The van der Waals surface area contributed by atoms with Gasteiger partial charge in [0.15, 0.2) is 5.96 Å². The molecule has 0 aromatic carbocycles. The van der Waals surface area contributed by atoms with Gasteiger partial charge in [-0.15, -0.1) is 24.0 Å². The molecule has 2 atom stereocenters. The molecule has 2 heterocycles. The number of likely N-dealkylation sites (tertiary alicyclic amines) is 1. The molecule has 1 N–H and O–H groups in total. The highest BCUT2D eigenvalue weighted by Crippen LogP contribution is 2.17. The molecule has 154 valence electrons. The molecule has 2 fully saturated rings. The molecule has 0 bridgehead atoms. The van der Waals surface area contributed by atoms with Gasteiger partial charge in [0.1, 0.15) is 0 Å². The summed E-state index contributed by atoms with van der Waals surface area (Å²) in [6.45, 7) is 18.6. The monoisotopic (exact) mass is 481 g/mol. The minimum absolute atomic E-state index is 0. The Morgan fingerprint density at radius 2 is 1.92 bits per heavy atom. The van der Waals surface area contributed by atoms with Crippen LogP contribution in [-0.4, -0.2) is 99.8 Å². The predicted octanol–water partition coefficient (Wildman–Crippen LogP) is 1.81. The van der Waals surface area contributed by atoms with Crippen molar-refractivity contribution in [1.82, 2.24) is 20.0 Å². The second-order valence-electron chi connectivity index (χ2n) is 7.53. The van der Waals surface area contributed by atoms with E-state index in [4.69, 9.17) is 4.74 Å². The third kappa shape index (κ3) is 7.86. The van der Waals surface area contributed by atoms with E-state index < -0.39 is 0 Å². The van der Waals surface area contributed by atoms with Gasteiger partial charge in [-0.25, -0.2) is 0 Å². The summed E-state index contributed by atoms with van der Waals surface area (Å²) in [5, 5.41) is 3.61. The van der Waals surface area contributed by atoms with E-state index in [2.05, 4.69) is 45.8 Å². The van der Waals surface area contributed by atoms with Crippen LogP contribution in [0.5, 0.6) is 0 Å². The minimum atomic E-state index is 0. The topological polar surface area (TPSA) is 43.3 Å². The van der Waals surface area contributed by atoms with Crippen LogP contribution >= 0.6 is 24.0 Å². The Morgan fingerprint density at radius 1 is 1.23 bits per heavy atom. The summed E-state index contributed by atoms with van der Waals surface area (Å²) in [5.74, 6) is 2.46. The molecule has 7 heteroatoms. The molecule has 0 aliphatic carbocycles. The summed E-state index contributed by atoms with van der Waals surface area (Å²) < 4.78 is 5.43. The number of hydrogen-bond acceptors (Lipinski definition) is 4. The summed E-state index contributed by atoms with van der Waals surface area (Å²) in [4.78, 5) is 12.0. The van der Waals surface area contributed by atoms with Crippen molar-refractivity contribution in [3.05, 3.63) is 0 Å². The zero-order chi connectivity index (χ0) is 18.1. The van der Waals surface area contributed by atoms with Crippen molar-refractivity contribution in [2.24, 2.45) is 16.8 Å². The molecule has 26 heavy (non-hydrogen) atoms. The van der Waals surface area contributed by atoms with Crippen molar-refractivity contribution >= 4 is 29.9 Å². The van der Waals surface area contributed by atoms with E-state index in [9.17, 15) is 0 Å². The molecule has 2 rings (SSSR count). The molecule has 0 radical (unpaired) electrons. The molecule has 0 spiro atoms. The number of nitrogens with zero attached hydrogens (tertiary/aromatic N) is 4. The van der Waals surface area contributed by atoms with Crippen LogP contribution in [0.15, 0.2) is 4.99 Å². The fourth-order valence-corrected chi connectivity index (χ4v) is 3.91. The normalized spacial score (nSPS) is 23.2. The van der Waals surface area contributed by atoms with Gasteiger partial charge in [-0.3, -0.25) is 9.89 Å². The summed E-state index contributed by atoms with van der Waals surface area (Å²) in [6.07, 6.45) is 1.28. The second kappa shape index (κ2) is 13.1. The number of nitrogens with one attached hydrogen (secondary N) is 1. The minimum Gasteiger partial charge on any atom is -0.379 e. The number of guanidine groups is 1. The first-order valence-electron chi connectivity index (χ1n) is 10.1. The molecular weight excluding hydrogens is 441 g/mol. The van der Waals surface area contributed by atoms with Gasteiger partial charge in [-0.05, 0) is 31.3 Å². The Bertz CT molecular complexity index is 399. The molecule has 2 saturated heterocycles. The first-order chi connectivity index (χ1) is 12.2. The quantitative estimate of drug-likeness (QED) is 0.326. The standard InChI is InChI=1S/C19H39N5O.HI/c1-5-22(6-2)15-18-7-8-24(16-18)19(20-4)21-13-17(3)14-23-9-11-25-12-10-23;/h17-18H,5-16H2,1-4H3,(H,20,21);1H. The number of aliphatic imine (C=N–C) groups is 1. The van der Waals surface area contributed by atoms with Crippen LogP contribution in [0, 0.1) is 11.8 Å². The SMILES string of the molecule is CCN(CC)CC1CCN(C(=NC)NCC(C)CN2CCOCC2)C1.I. The average Bonchev–Trinajstić information content (AvgIpc) is 3.09. The third-order valence-electron chi connectivity index (χ3n) is 5.49. The lowest BCUT2D eigenvalue weighted by Crippen LogP contribution is -2.45. The molecule has 2 unspecified atom stereocenters. The van der Waals surface area contributed by atoms with Crippen LogP contribution in [-0.2, 0) is 4.74 Å². The van der Waals surface area contributed by atoms with Gasteiger partial charge >= 0.3 is 0 Å². The van der Waals surface area contributed by atoms with Crippen molar-refractivity contribution in [1.29, 1.82) is 0 Å². The number of ether oxygens (including phenoxy) is 1. The first kappa shape index (κ1) is 23.9. The molecule has 6 nitrogen and oxygen atoms in total. The average molecular weight is 481 g/mol. The van der Waals surface area contributed by atoms with E-state index >= 15 is 0 Å². The van der Waals surface area contributed by atoms with Gasteiger partial charge < -0.3 is 19.9 Å². The van der Waals surface area contributed by atoms with Gasteiger partial charge in [0.05, 0.1) is 13.2 Å². The van der Waals surface area contributed by atoms with Crippen molar-refractivity contribution < 1.29 is 4.74 Å². The molecule has 0 amide bonds. The number of rotatable bonds is 8. The first-order valence-corrected chi connectivity index (χ1v) is 10.1. The van der Waals surface area contributed by atoms with E-state index in [-0.39, 0.29) is 24.0 Å². The fourth-order valence-electron chi connectivity index (χ4n) is 3.91. The van der Waals surface area contributed by atoms with Gasteiger partial charge in [0, 0.05) is 52.9 Å². The fraction of sp³-hybridized carbons (Fsp3) is 0.947. The maximum atomic E-state index is 5.43. The third-order valence-corrected chi connectivity index (χ3v) is 5.49. The maximum Gasteiger partial charge on any atom is 0.193 e. The van der Waals surface area contributed by atoms with E-state index in [0.717, 1.165) is 77.4 Å². The highest BCUT2D eigenvalue weighted by Gasteiger charge is 2.26. The number of morpholine rings is 1. The zero-order valence-electron chi connectivity index (χ0n) is 17.2. The Kier molecular flexibility index (Phi) is 12.1. The Balaban J connectivity index is 0.00000338. The van der Waals surface area contributed by atoms with Crippen molar-refractivity contribution in [2.45, 2.75) is 27.2 Å². The molecule has 2 aliphatic rings. The van der Waals surface area contributed by atoms with Gasteiger partial charge in [-0.2, -0.15) is 0 Å². The summed E-state index contributed by atoms with van der Waals surface area (Å²) >= 11 is 0. The van der Waals surface area contributed by atoms with E-state index in [1.165, 1.54) is 13.0 Å². The van der Waals surface area contributed by atoms with Gasteiger partial charge in [0.25, 0.3) is 0 Å². The predicted molar refractivity (Wildman–Crippen MR) is 121 cm³/mol. The molecular formula is C19H40IN5O. The number of hydrogen-bond donors (Lipinski definition) is 1. The Labute approximate surface area is 177 Å². The Hall–Kier alpha value is -0.120. The zero-order valence-corrected chi connectivity index (χ0v) is 19.6. The largest absolute Gasteiger partial charge is 0.379 e. The molecule has 0 aromatic rings. The maximum absolute atomic E-state index is 5.43. The van der Waals surface area contributed by atoms with Crippen molar-refractivity contribution in [3.8, 4) is 0 Å². The summed E-state index contributed by atoms with van der Waals surface area (Å²) in [5.41, 5.74) is 0. The molecule has 2 aliphatic heterocycles. The van der Waals surface area contributed by atoms with Crippen LogP contribution in [0.25, 0.3) is 0 Å². The lowest BCUT2D eigenvalue weighted by molar-refractivity contribution is 0.0320. The highest BCUT2D eigenvalue weighted by molar-refractivity contribution is 14.0. The summed E-state index contributed by atoms with van der Waals surface area (Å²) in [7, 11) is 1.91. The lowest BCUT2D eigenvalue weighted by atomic mass is 10.1. The van der Waals surface area contributed by atoms with Crippen LogP contribution in [0.2, 0.25) is 0 Å². The number of halogens is 1. The van der Waals surface area contributed by atoms with Crippen molar-refractivity contribution in [2.75, 3.05) is 79.2 Å². The van der Waals surface area contributed by atoms with E-state index in [0.29, 0.717) is 5.92 Å². The van der Waals surface area contributed by atoms with Crippen LogP contribution in [0.1, 0.15) is 27.2 Å². The van der Waals surface area contributed by atoms with Gasteiger partial charge in [0.2, 0.25) is 0 Å². The van der Waals surface area contributed by atoms with Gasteiger partial charge in [-0.1, -0.05) is 20.8 Å². The smallest absolute Gasteiger partial charge is 0.193 e. The van der Waals surface area contributed by atoms with Crippen LogP contribution in [0.3, 0.4) is 0 Å². The summed E-state index contributed by atoms with van der Waals surface area (Å²) in [6, 6.07) is 0. The molecule has 0 saturated carbocycles. The van der Waals surface area contributed by atoms with Crippen LogP contribution in [0.4, 0.5) is 0 Å². The van der Waals surface area contributed by atoms with Crippen LogP contribution < -0.4 is 5.32 Å². The van der Waals surface area contributed by atoms with E-state index in [1.807, 2.05) is 7.05 Å². The highest BCUT2D eigenvalue weighted by atomic mass is 127. The van der Waals surface area contributed by atoms with E-state index in [1.54, 1.807) is 0 Å².